The Bertz CT molecular complexity index is 1230. The molecule has 0 aliphatic heterocycles. The molecule has 0 aliphatic carbocycles. The molecule has 4 aromatic rings. The van der Waals surface area contributed by atoms with Gasteiger partial charge in [-0.05, 0) is 19.1 Å². The molecule has 0 bridgehead atoms. The number of benzene rings is 1. The van der Waals surface area contributed by atoms with E-state index in [4.69, 9.17) is 9.15 Å². The molecule has 0 saturated heterocycles. The molecule has 0 radical (unpaired) electrons. The zero-order valence-corrected chi connectivity index (χ0v) is 15.8. The van der Waals surface area contributed by atoms with Crippen molar-refractivity contribution in [2.24, 2.45) is 7.05 Å². The number of nitrogens with one attached hydrogen (secondary N) is 1. The van der Waals surface area contributed by atoms with Crippen molar-refractivity contribution in [3.8, 4) is 5.75 Å². The van der Waals surface area contributed by atoms with Crippen molar-refractivity contribution in [1.82, 2.24) is 24.3 Å². The average Bonchev–Trinajstić information content (AvgIpc) is 3.32. The molecule has 0 saturated carbocycles. The normalized spacial score (nSPS) is 11.0. The number of rotatable bonds is 6. The molecule has 10 nitrogen and oxygen atoms in total. The van der Waals surface area contributed by atoms with Gasteiger partial charge in [-0.15, -0.1) is 0 Å². The first-order valence-corrected chi connectivity index (χ1v) is 8.84. The summed E-state index contributed by atoms with van der Waals surface area (Å²) >= 11 is 0. The largest absolute Gasteiger partial charge is 0.492 e. The van der Waals surface area contributed by atoms with Crippen molar-refractivity contribution in [3.05, 3.63) is 64.9 Å². The second kappa shape index (κ2) is 7.58. The maximum atomic E-state index is 12.8. The number of nitrogens with zero attached hydrogens (tertiary/aromatic N) is 5. The molecular weight excluding hydrogens is 376 g/mol. The average molecular weight is 394 g/mol. The molecule has 148 valence electrons. The Morgan fingerprint density at radius 1 is 1.31 bits per heavy atom. The van der Waals surface area contributed by atoms with E-state index in [0.29, 0.717) is 30.3 Å². The molecule has 3 aromatic heterocycles. The number of amides is 1. The van der Waals surface area contributed by atoms with E-state index in [1.54, 1.807) is 49.2 Å². The number of fused-ring (bicyclic) bond motifs is 1. The predicted octanol–water partition coefficient (Wildman–Crippen LogP) is 1.76. The van der Waals surface area contributed by atoms with Crippen molar-refractivity contribution in [3.63, 3.8) is 0 Å². The third-order valence-corrected chi connectivity index (χ3v) is 4.32. The Hall–Kier alpha value is -3.95. The summed E-state index contributed by atoms with van der Waals surface area (Å²) in [7, 11) is 1.57. The van der Waals surface area contributed by atoms with Gasteiger partial charge in [0, 0.05) is 18.8 Å². The van der Waals surface area contributed by atoms with Crippen LogP contribution in [0.5, 0.6) is 5.75 Å². The lowest BCUT2D eigenvalue weighted by atomic mass is 10.1. The molecule has 1 aromatic carbocycles. The summed E-state index contributed by atoms with van der Waals surface area (Å²) in [6.07, 6.45) is 4.42. The minimum absolute atomic E-state index is 0.140. The van der Waals surface area contributed by atoms with Gasteiger partial charge in [-0.1, -0.05) is 6.07 Å². The topological polar surface area (TPSA) is 117 Å². The first-order chi connectivity index (χ1) is 14.0. The van der Waals surface area contributed by atoms with Gasteiger partial charge in [0.15, 0.2) is 0 Å². The van der Waals surface area contributed by atoms with Crippen molar-refractivity contribution in [2.75, 3.05) is 11.9 Å². The van der Waals surface area contributed by atoms with Crippen LogP contribution in [0.15, 0.2) is 52.5 Å². The maximum Gasteiger partial charge on any atom is 0.265 e. The third-order valence-electron chi connectivity index (χ3n) is 4.32. The number of ether oxygens (including phenoxy) is 1. The van der Waals surface area contributed by atoms with Crippen LogP contribution in [-0.2, 0) is 13.6 Å². The summed E-state index contributed by atoms with van der Waals surface area (Å²) in [5, 5.41) is 6.95. The van der Waals surface area contributed by atoms with Gasteiger partial charge in [-0.3, -0.25) is 9.59 Å². The van der Waals surface area contributed by atoms with Crippen molar-refractivity contribution < 1.29 is 13.9 Å². The van der Waals surface area contributed by atoms with Crippen LogP contribution < -0.4 is 15.6 Å². The summed E-state index contributed by atoms with van der Waals surface area (Å²) in [5.41, 5.74) is 0.497. The molecule has 0 atom stereocenters. The number of carbonyl (C=O) groups is 1. The Morgan fingerprint density at radius 2 is 2.17 bits per heavy atom. The van der Waals surface area contributed by atoms with Crippen LogP contribution in [0.3, 0.4) is 0 Å². The predicted molar refractivity (Wildman–Crippen MR) is 104 cm³/mol. The quantitative estimate of drug-likeness (QED) is 0.529. The molecule has 0 aliphatic rings. The number of hydrogen-bond donors (Lipinski definition) is 1. The smallest absolute Gasteiger partial charge is 0.265 e. The molecule has 0 fully saturated rings. The van der Waals surface area contributed by atoms with Crippen molar-refractivity contribution in [2.45, 2.75) is 13.5 Å². The molecule has 3 heterocycles. The van der Waals surface area contributed by atoms with E-state index in [2.05, 4.69) is 20.4 Å². The van der Waals surface area contributed by atoms with Crippen molar-refractivity contribution >= 4 is 22.7 Å². The van der Waals surface area contributed by atoms with E-state index >= 15 is 0 Å². The van der Waals surface area contributed by atoms with E-state index in [1.165, 1.54) is 17.2 Å². The second-order valence-electron chi connectivity index (χ2n) is 6.36. The minimum Gasteiger partial charge on any atom is -0.492 e. The Labute approximate surface area is 164 Å². The van der Waals surface area contributed by atoms with Gasteiger partial charge in [-0.2, -0.15) is 5.10 Å². The van der Waals surface area contributed by atoms with Gasteiger partial charge in [-0.25, -0.2) is 14.6 Å². The van der Waals surface area contributed by atoms with Gasteiger partial charge in [0.1, 0.15) is 42.5 Å². The van der Waals surface area contributed by atoms with Crippen LogP contribution in [0.2, 0.25) is 0 Å². The number of aryl methyl sites for hydroxylation is 2. The fourth-order valence-corrected chi connectivity index (χ4v) is 2.92. The van der Waals surface area contributed by atoms with Crippen LogP contribution in [0.1, 0.15) is 16.1 Å². The maximum absolute atomic E-state index is 12.8. The summed E-state index contributed by atoms with van der Waals surface area (Å²) in [6, 6.07) is 6.99. The molecule has 1 N–H and O–H groups in total. The molecule has 29 heavy (non-hydrogen) atoms. The molecular formula is C19H18N6O4. The number of hydrogen-bond acceptors (Lipinski definition) is 7. The summed E-state index contributed by atoms with van der Waals surface area (Å²) in [5.74, 6) is 0.467. The van der Waals surface area contributed by atoms with Gasteiger partial charge in [0.25, 0.3) is 11.5 Å². The standard InChI is InChI=1S/C19H18N6O4/c1-12-15(16-18(29-12)21-11-24(2)19(16)27)17(26)23-13-4-3-5-14(8-13)28-7-6-25-10-20-9-22-25/h3-5,8-11H,6-7H2,1-2H3,(H,23,26). The highest BCUT2D eigenvalue weighted by molar-refractivity contribution is 6.12. The second-order valence-corrected chi connectivity index (χ2v) is 6.36. The first kappa shape index (κ1) is 18.4. The summed E-state index contributed by atoms with van der Waals surface area (Å²) < 4.78 is 14.1. The zero-order chi connectivity index (χ0) is 20.4. The van der Waals surface area contributed by atoms with Gasteiger partial charge in [0.2, 0.25) is 5.71 Å². The van der Waals surface area contributed by atoms with E-state index in [-0.39, 0.29) is 22.2 Å². The Balaban J connectivity index is 1.52. The van der Waals surface area contributed by atoms with E-state index < -0.39 is 5.91 Å². The highest BCUT2D eigenvalue weighted by atomic mass is 16.5. The van der Waals surface area contributed by atoms with Crippen molar-refractivity contribution in [1.29, 1.82) is 0 Å². The van der Waals surface area contributed by atoms with Crippen LogP contribution in [-0.4, -0.2) is 36.8 Å². The fourth-order valence-electron chi connectivity index (χ4n) is 2.92. The van der Waals surface area contributed by atoms with E-state index in [9.17, 15) is 9.59 Å². The Kier molecular flexibility index (Phi) is 4.82. The van der Waals surface area contributed by atoms with Gasteiger partial charge < -0.3 is 19.0 Å². The lowest BCUT2D eigenvalue weighted by Gasteiger charge is -2.09. The van der Waals surface area contributed by atoms with Gasteiger partial charge in [0.05, 0.1) is 12.1 Å². The zero-order valence-electron chi connectivity index (χ0n) is 15.8. The van der Waals surface area contributed by atoms with Crippen LogP contribution in [0.4, 0.5) is 5.69 Å². The van der Waals surface area contributed by atoms with Crippen LogP contribution >= 0.6 is 0 Å². The first-order valence-electron chi connectivity index (χ1n) is 8.84. The highest BCUT2D eigenvalue weighted by Crippen LogP contribution is 2.23. The monoisotopic (exact) mass is 394 g/mol. The highest BCUT2D eigenvalue weighted by Gasteiger charge is 2.22. The SMILES string of the molecule is Cc1oc2ncn(C)c(=O)c2c1C(=O)Nc1cccc(OCCn2cncn2)c1. The molecule has 10 heteroatoms. The Morgan fingerprint density at radius 3 is 2.97 bits per heavy atom. The lowest BCUT2D eigenvalue weighted by Crippen LogP contribution is -2.20. The number of anilines is 1. The lowest BCUT2D eigenvalue weighted by molar-refractivity contribution is 0.102. The fraction of sp³-hybridized carbons (Fsp3) is 0.211. The number of furan rings is 1. The molecule has 1 amide bonds. The van der Waals surface area contributed by atoms with E-state index in [0.717, 1.165) is 0 Å². The van der Waals surface area contributed by atoms with E-state index in [1.807, 2.05) is 0 Å². The van der Waals surface area contributed by atoms with Gasteiger partial charge >= 0.3 is 0 Å². The summed E-state index contributed by atoms with van der Waals surface area (Å²) in [6.45, 7) is 2.57. The van der Waals surface area contributed by atoms with Crippen LogP contribution in [0, 0.1) is 6.92 Å². The summed E-state index contributed by atoms with van der Waals surface area (Å²) in [4.78, 5) is 33.2. The van der Waals surface area contributed by atoms with Crippen LogP contribution in [0.25, 0.3) is 11.1 Å². The third kappa shape index (κ3) is 3.72. The molecule has 4 rings (SSSR count). The number of carbonyl (C=O) groups excluding carboxylic acids is 1. The minimum atomic E-state index is -0.453. The molecule has 0 unspecified atom stereocenters. The molecule has 0 spiro atoms. The number of aromatic nitrogens is 5.